The summed E-state index contributed by atoms with van der Waals surface area (Å²) >= 11 is 2.60. The Morgan fingerprint density at radius 1 is 1.30 bits per heavy atom. The van der Waals surface area contributed by atoms with Crippen molar-refractivity contribution in [3.05, 3.63) is 0 Å². The second kappa shape index (κ2) is 3.39. The Kier molecular flexibility index (Phi) is 2.98. The van der Waals surface area contributed by atoms with E-state index in [0.717, 1.165) is 0 Å². The number of rotatable bonds is 0. The van der Waals surface area contributed by atoms with Crippen molar-refractivity contribution in [1.29, 1.82) is 0 Å². The number of alkyl halides is 1. The normalized spacial score (nSPS) is 37.5. The zero-order valence-electron chi connectivity index (χ0n) is 6.86. The summed E-state index contributed by atoms with van der Waals surface area (Å²) in [6, 6.07) is 0. The van der Waals surface area contributed by atoms with Crippen LogP contribution in [0, 0.1) is 0 Å². The Hall–Kier alpha value is 0.690. The number of nitrogens with zero attached hydrogens (tertiary/aromatic N) is 1. The molecule has 0 aromatic carbocycles. The van der Waals surface area contributed by atoms with Gasteiger partial charge in [0.1, 0.15) is 0 Å². The fourth-order valence-electron chi connectivity index (χ4n) is 1.38. The quantitative estimate of drug-likeness (QED) is 0.473. The highest BCUT2D eigenvalue weighted by Gasteiger charge is 2.22. The Balaban J connectivity index is 2.41. The van der Waals surface area contributed by atoms with Gasteiger partial charge < -0.3 is 4.90 Å². The first-order valence-electron chi connectivity index (χ1n) is 3.98. The monoisotopic (exact) mass is 253 g/mol. The fraction of sp³-hybridized carbons (Fsp3) is 1.00. The molecule has 0 spiro atoms. The van der Waals surface area contributed by atoms with Gasteiger partial charge in [-0.2, -0.15) is 0 Å². The summed E-state index contributed by atoms with van der Waals surface area (Å²) < 4.78 is 0.572. The van der Waals surface area contributed by atoms with Crippen LogP contribution in [-0.2, 0) is 0 Å². The van der Waals surface area contributed by atoms with Crippen molar-refractivity contribution in [3.63, 3.8) is 0 Å². The van der Waals surface area contributed by atoms with Crippen molar-refractivity contribution >= 4 is 22.6 Å². The van der Waals surface area contributed by atoms with Gasteiger partial charge in [-0.25, -0.2) is 0 Å². The van der Waals surface area contributed by atoms with Crippen LogP contribution < -0.4 is 0 Å². The van der Waals surface area contributed by atoms with Gasteiger partial charge >= 0.3 is 0 Å². The van der Waals surface area contributed by atoms with Gasteiger partial charge in [0, 0.05) is 3.42 Å². The summed E-state index contributed by atoms with van der Waals surface area (Å²) in [5, 5.41) is 0. The van der Waals surface area contributed by atoms with Gasteiger partial charge in [0.25, 0.3) is 0 Å². The summed E-state index contributed by atoms with van der Waals surface area (Å²) in [6.45, 7) is 4.94. The SMILES string of the molecule is CN1CCC[C@@](C)(I)CC1. The number of likely N-dealkylation sites (tertiary alicyclic amines) is 1. The molecule has 1 heterocycles. The molecule has 1 fully saturated rings. The molecule has 0 bridgehead atoms. The van der Waals surface area contributed by atoms with Gasteiger partial charge in [-0.1, -0.05) is 29.5 Å². The van der Waals surface area contributed by atoms with Gasteiger partial charge in [0.05, 0.1) is 0 Å². The van der Waals surface area contributed by atoms with E-state index in [1.165, 1.54) is 32.4 Å². The van der Waals surface area contributed by atoms with Crippen molar-refractivity contribution in [1.82, 2.24) is 4.90 Å². The Labute approximate surface area is 77.3 Å². The topological polar surface area (TPSA) is 3.24 Å². The molecule has 0 radical (unpaired) electrons. The van der Waals surface area contributed by atoms with E-state index in [-0.39, 0.29) is 0 Å². The molecule has 0 aromatic heterocycles. The molecule has 0 N–H and O–H groups in total. The van der Waals surface area contributed by atoms with Crippen LogP contribution in [0.5, 0.6) is 0 Å². The third kappa shape index (κ3) is 2.74. The molecule has 2 heteroatoms. The lowest BCUT2D eigenvalue weighted by atomic mass is 10.0. The van der Waals surface area contributed by atoms with Crippen LogP contribution in [0.4, 0.5) is 0 Å². The molecule has 0 aliphatic carbocycles. The molecule has 1 atom stereocenters. The molecule has 0 saturated carbocycles. The number of hydrogen-bond acceptors (Lipinski definition) is 1. The molecule has 0 amide bonds. The zero-order valence-corrected chi connectivity index (χ0v) is 9.02. The van der Waals surface area contributed by atoms with Gasteiger partial charge in [-0.3, -0.25) is 0 Å². The Bertz CT molecular complexity index is 112. The lowest BCUT2D eigenvalue weighted by Gasteiger charge is -2.19. The second-order valence-electron chi connectivity index (χ2n) is 3.57. The smallest absolute Gasteiger partial charge is 0.0206 e. The van der Waals surface area contributed by atoms with E-state index in [0.29, 0.717) is 3.42 Å². The maximum Gasteiger partial charge on any atom is 0.0206 e. The van der Waals surface area contributed by atoms with Gasteiger partial charge in [0.2, 0.25) is 0 Å². The lowest BCUT2D eigenvalue weighted by molar-refractivity contribution is 0.347. The number of halogens is 1. The van der Waals surface area contributed by atoms with Gasteiger partial charge in [-0.05, 0) is 39.4 Å². The van der Waals surface area contributed by atoms with E-state index >= 15 is 0 Å². The standard InChI is InChI=1S/C8H16IN/c1-8(9)4-3-6-10(2)7-5-8/h3-7H2,1-2H3/t8-/m1/s1. The maximum absolute atomic E-state index is 2.60. The second-order valence-corrected chi connectivity index (χ2v) is 6.17. The summed E-state index contributed by atoms with van der Waals surface area (Å²) in [5.41, 5.74) is 0. The molecule has 1 aliphatic rings. The Morgan fingerprint density at radius 2 is 2.00 bits per heavy atom. The van der Waals surface area contributed by atoms with Crippen molar-refractivity contribution in [3.8, 4) is 0 Å². The molecular formula is C8H16IN. The van der Waals surface area contributed by atoms with Crippen molar-refractivity contribution in [2.45, 2.75) is 29.6 Å². The molecule has 0 aromatic rings. The fourth-order valence-corrected chi connectivity index (χ4v) is 2.00. The average Bonchev–Trinajstić information content (AvgIpc) is 1.94. The average molecular weight is 253 g/mol. The summed E-state index contributed by atoms with van der Waals surface area (Å²) in [5.74, 6) is 0. The predicted molar refractivity (Wildman–Crippen MR) is 53.8 cm³/mol. The first-order valence-corrected chi connectivity index (χ1v) is 5.05. The van der Waals surface area contributed by atoms with E-state index in [2.05, 4.69) is 41.5 Å². The van der Waals surface area contributed by atoms with Gasteiger partial charge in [0.15, 0.2) is 0 Å². The van der Waals surface area contributed by atoms with Crippen LogP contribution in [-0.4, -0.2) is 28.5 Å². The van der Waals surface area contributed by atoms with Crippen molar-refractivity contribution in [2.24, 2.45) is 0 Å². The third-order valence-corrected chi connectivity index (χ3v) is 3.33. The van der Waals surface area contributed by atoms with E-state index in [1.807, 2.05) is 0 Å². The van der Waals surface area contributed by atoms with E-state index < -0.39 is 0 Å². The minimum atomic E-state index is 0.572. The highest BCUT2D eigenvalue weighted by Crippen LogP contribution is 2.30. The van der Waals surface area contributed by atoms with Gasteiger partial charge in [-0.15, -0.1) is 0 Å². The largest absolute Gasteiger partial charge is 0.306 e. The maximum atomic E-state index is 2.60. The molecule has 1 rings (SSSR count). The predicted octanol–water partition coefficient (Wildman–Crippen LogP) is 2.30. The van der Waals surface area contributed by atoms with Crippen molar-refractivity contribution < 1.29 is 0 Å². The minimum Gasteiger partial charge on any atom is -0.306 e. The van der Waals surface area contributed by atoms with Crippen LogP contribution in [0.15, 0.2) is 0 Å². The summed E-state index contributed by atoms with van der Waals surface area (Å²) in [4.78, 5) is 2.43. The molecule has 60 valence electrons. The van der Waals surface area contributed by atoms with Crippen LogP contribution in [0.1, 0.15) is 26.2 Å². The first-order chi connectivity index (χ1) is 4.60. The molecular weight excluding hydrogens is 237 g/mol. The van der Waals surface area contributed by atoms with E-state index in [1.54, 1.807) is 0 Å². The molecule has 1 saturated heterocycles. The number of hydrogen-bond donors (Lipinski definition) is 0. The summed E-state index contributed by atoms with van der Waals surface area (Å²) in [6.07, 6.45) is 4.11. The zero-order chi connectivity index (χ0) is 7.61. The molecule has 10 heavy (non-hydrogen) atoms. The molecule has 1 nitrogen and oxygen atoms in total. The van der Waals surface area contributed by atoms with Crippen LogP contribution in [0.3, 0.4) is 0 Å². The molecule has 0 unspecified atom stereocenters. The summed E-state index contributed by atoms with van der Waals surface area (Å²) in [7, 11) is 2.22. The van der Waals surface area contributed by atoms with Crippen LogP contribution >= 0.6 is 22.6 Å². The molecule has 1 aliphatic heterocycles. The Morgan fingerprint density at radius 3 is 2.70 bits per heavy atom. The van der Waals surface area contributed by atoms with Crippen LogP contribution in [0.2, 0.25) is 0 Å². The van der Waals surface area contributed by atoms with Crippen molar-refractivity contribution in [2.75, 3.05) is 20.1 Å². The van der Waals surface area contributed by atoms with E-state index in [9.17, 15) is 0 Å². The lowest BCUT2D eigenvalue weighted by Crippen LogP contribution is -2.21. The highest BCUT2D eigenvalue weighted by atomic mass is 127. The van der Waals surface area contributed by atoms with E-state index in [4.69, 9.17) is 0 Å². The van der Waals surface area contributed by atoms with Crippen LogP contribution in [0.25, 0.3) is 0 Å². The highest BCUT2D eigenvalue weighted by molar-refractivity contribution is 14.1. The minimum absolute atomic E-state index is 0.572. The first kappa shape index (κ1) is 8.78. The third-order valence-electron chi connectivity index (χ3n) is 2.25.